The molecule has 0 amide bonds. The Balaban J connectivity index is 1.15. The Labute approximate surface area is 457 Å². The van der Waals surface area contributed by atoms with E-state index in [1.54, 1.807) is 0 Å². The van der Waals surface area contributed by atoms with Gasteiger partial charge in [0.25, 0.3) is 0 Å². The van der Waals surface area contributed by atoms with Crippen molar-refractivity contribution in [1.82, 2.24) is 19.9 Å². The molecule has 78 heavy (non-hydrogen) atoms. The molecule has 10 aromatic carbocycles. The predicted octanol–water partition coefficient (Wildman–Crippen LogP) is 15.6. The molecule has 0 spiro atoms. The van der Waals surface area contributed by atoms with Crippen molar-refractivity contribution in [3.05, 3.63) is 255 Å². The van der Waals surface area contributed by atoms with Gasteiger partial charge in [-0.05, 0) is 81.4 Å². The molecule has 4 heterocycles. The lowest BCUT2D eigenvalue weighted by atomic mass is 9.96. The molecule has 0 N–H and O–H groups in total. The van der Waals surface area contributed by atoms with Crippen molar-refractivity contribution in [3.63, 3.8) is 0 Å². The van der Waals surface area contributed by atoms with Gasteiger partial charge in [0.2, 0.25) is 0 Å². The summed E-state index contributed by atoms with van der Waals surface area (Å²) in [5, 5.41) is 7.61. The van der Waals surface area contributed by atoms with Crippen molar-refractivity contribution in [3.8, 4) is 67.8 Å². The summed E-state index contributed by atoms with van der Waals surface area (Å²) in [7, 11) is -4.41. The molecule has 6 nitrogen and oxygen atoms in total. The van der Waals surface area contributed by atoms with Gasteiger partial charge in [-0.2, -0.15) is 0 Å². The number of aromatic nitrogens is 4. The summed E-state index contributed by atoms with van der Waals surface area (Å²) in [4.78, 5) is 27.2. The standard InChI is InChI=1S/C70H54N6Si2/c1-77(2)65-37-21-17-33-59(65)75(60-34-18-22-38-66(60)77)63-43-51(69-71-55(47-25-9-5-10-26-47)45-56(72-69)48-27-11-6-12-28-48)42-54-53(63)41-52(70-73-57(49-29-13-7-14-30-49)46-58(74-70)50-31-15-8-16-32-50)44-64(54)76-61-35-19-23-39-67(61)78(3,4)68-40-24-20-36-62(68)76/h5-46H,1-4H3. The van der Waals surface area contributed by atoms with E-state index < -0.39 is 16.1 Å². The van der Waals surface area contributed by atoms with E-state index in [2.05, 4.69) is 291 Å². The zero-order chi connectivity index (χ0) is 52.5. The minimum absolute atomic E-state index is 0.640. The Hall–Kier alpha value is -9.35. The van der Waals surface area contributed by atoms with Crippen molar-refractivity contribution in [2.24, 2.45) is 0 Å². The number of benzene rings is 10. The maximum absolute atomic E-state index is 5.53. The molecule has 0 fully saturated rings. The van der Waals surface area contributed by atoms with Gasteiger partial charge in [-0.25, -0.2) is 19.9 Å². The summed E-state index contributed by atoms with van der Waals surface area (Å²) >= 11 is 0. The van der Waals surface area contributed by atoms with E-state index in [1.807, 2.05) is 0 Å². The lowest BCUT2D eigenvalue weighted by Crippen LogP contribution is -2.58. The molecule has 0 bridgehead atoms. The average Bonchev–Trinajstić information content (AvgIpc) is 3.68. The largest absolute Gasteiger partial charge is 0.310 e. The molecule has 372 valence electrons. The second kappa shape index (κ2) is 18.7. The van der Waals surface area contributed by atoms with E-state index in [0.717, 1.165) is 78.3 Å². The molecular formula is C70H54N6Si2. The summed E-state index contributed by atoms with van der Waals surface area (Å²) in [5.41, 5.74) is 16.1. The molecule has 0 aliphatic carbocycles. The minimum atomic E-state index is -2.20. The topological polar surface area (TPSA) is 58.0 Å². The van der Waals surface area contributed by atoms with E-state index >= 15 is 0 Å². The monoisotopic (exact) mass is 1030 g/mol. The molecular weight excluding hydrogens is 981 g/mol. The van der Waals surface area contributed by atoms with Crippen LogP contribution in [0, 0.1) is 0 Å². The van der Waals surface area contributed by atoms with Crippen LogP contribution in [0.5, 0.6) is 0 Å². The van der Waals surface area contributed by atoms with Crippen LogP contribution in [0.4, 0.5) is 34.1 Å². The molecule has 0 atom stereocenters. The number of para-hydroxylation sites is 4. The first-order chi connectivity index (χ1) is 38.2. The fraction of sp³-hybridized carbons (Fsp3) is 0.0571. The van der Waals surface area contributed by atoms with Gasteiger partial charge in [0.15, 0.2) is 11.6 Å². The Kier molecular flexibility index (Phi) is 11.3. The fourth-order valence-corrected chi connectivity index (χ4v) is 18.1. The third-order valence-corrected chi connectivity index (χ3v) is 23.1. The number of hydrogen-bond donors (Lipinski definition) is 0. The summed E-state index contributed by atoms with van der Waals surface area (Å²) in [6.45, 7) is 9.94. The van der Waals surface area contributed by atoms with Crippen LogP contribution < -0.4 is 30.5 Å². The van der Waals surface area contributed by atoms with Gasteiger partial charge < -0.3 is 9.80 Å². The normalized spacial score (nSPS) is 13.8. The van der Waals surface area contributed by atoms with Gasteiger partial charge in [0.05, 0.1) is 34.2 Å². The number of hydrogen-bond acceptors (Lipinski definition) is 6. The highest BCUT2D eigenvalue weighted by molar-refractivity contribution is 7.03. The Morgan fingerprint density at radius 2 is 0.487 bits per heavy atom. The van der Waals surface area contributed by atoms with Crippen molar-refractivity contribution in [1.29, 1.82) is 0 Å². The van der Waals surface area contributed by atoms with E-state index in [4.69, 9.17) is 19.9 Å². The lowest BCUT2D eigenvalue weighted by molar-refractivity contribution is 1.18. The third kappa shape index (κ3) is 7.90. The first-order valence-electron chi connectivity index (χ1n) is 26.8. The highest BCUT2D eigenvalue weighted by Gasteiger charge is 2.41. The van der Waals surface area contributed by atoms with Gasteiger partial charge in [-0.3, -0.25) is 0 Å². The van der Waals surface area contributed by atoms with Crippen LogP contribution in [-0.4, -0.2) is 36.1 Å². The number of fused-ring (bicyclic) bond motifs is 5. The van der Waals surface area contributed by atoms with Gasteiger partial charge in [0.1, 0.15) is 16.1 Å². The lowest BCUT2D eigenvalue weighted by Gasteiger charge is -2.42. The Morgan fingerprint density at radius 3 is 0.756 bits per heavy atom. The highest BCUT2D eigenvalue weighted by Crippen LogP contribution is 2.50. The second-order valence-electron chi connectivity index (χ2n) is 21.5. The van der Waals surface area contributed by atoms with Crippen LogP contribution in [0.2, 0.25) is 26.2 Å². The molecule has 2 aliphatic heterocycles. The predicted molar refractivity (Wildman–Crippen MR) is 331 cm³/mol. The molecule has 0 saturated carbocycles. The first-order valence-corrected chi connectivity index (χ1v) is 32.8. The average molecular weight is 1040 g/mol. The van der Waals surface area contributed by atoms with Crippen molar-refractivity contribution in [2.45, 2.75) is 26.2 Å². The highest BCUT2D eigenvalue weighted by atomic mass is 28.3. The van der Waals surface area contributed by atoms with Crippen LogP contribution in [0.15, 0.2) is 255 Å². The van der Waals surface area contributed by atoms with Crippen LogP contribution in [0.1, 0.15) is 0 Å². The minimum Gasteiger partial charge on any atom is -0.310 e. The van der Waals surface area contributed by atoms with Gasteiger partial charge >= 0.3 is 0 Å². The van der Waals surface area contributed by atoms with Crippen LogP contribution >= 0.6 is 0 Å². The van der Waals surface area contributed by atoms with E-state index in [1.165, 1.54) is 43.5 Å². The first kappa shape index (κ1) is 47.1. The summed E-state index contributed by atoms with van der Waals surface area (Å²) in [6, 6.07) is 91.7. The Bertz CT molecular complexity index is 3790. The van der Waals surface area contributed by atoms with E-state index in [-0.39, 0.29) is 0 Å². The number of nitrogens with zero attached hydrogens (tertiary/aromatic N) is 6. The fourth-order valence-electron chi connectivity index (χ4n) is 12.1. The third-order valence-electron chi connectivity index (χ3n) is 16.0. The zero-order valence-electron chi connectivity index (χ0n) is 43.9. The second-order valence-corrected chi connectivity index (χ2v) is 30.1. The maximum Gasteiger partial charge on any atom is 0.160 e. The molecule has 8 heteroatoms. The molecule has 0 radical (unpaired) electrons. The van der Waals surface area contributed by atoms with Gasteiger partial charge in [0, 0.05) is 66.9 Å². The smallest absolute Gasteiger partial charge is 0.160 e. The summed E-state index contributed by atoms with van der Waals surface area (Å²) in [5.74, 6) is 1.28. The number of anilines is 6. The van der Waals surface area contributed by atoms with Crippen LogP contribution in [0.3, 0.4) is 0 Å². The molecule has 12 aromatic rings. The maximum atomic E-state index is 5.53. The summed E-state index contributed by atoms with van der Waals surface area (Å²) in [6.07, 6.45) is 0. The van der Waals surface area contributed by atoms with Crippen molar-refractivity contribution >= 4 is 81.8 Å². The molecule has 0 saturated heterocycles. The molecule has 14 rings (SSSR count). The number of rotatable bonds is 8. The van der Waals surface area contributed by atoms with Crippen LogP contribution in [0.25, 0.3) is 78.6 Å². The van der Waals surface area contributed by atoms with E-state index in [0.29, 0.717) is 11.6 Å². The summed E-state index contributed by atoms with van der Waals surface area (Å²) < 4.78 is 0. The zero-order valence-corrected chi connectivity index (χ0v) is 45.9. The van der Waals surface area contributed by atoms with Crippen molar-refractivity contribution < 1.29 is 0 Å². The van der Waals surface area contributed by atoms with Gasteiger partial charge in [-0.15, -0.1) is 0 Å². The quantitative estimate of drug-likeness (QED) is 0.141. The van der Waals surface area contributed by atoms with E-state index in [9.17, 15) is 0 Å². The SMILES string of the molecule is C[Si]1(C)c2ccccc2N(c2cc(-c3nc(-c4ccccc4)cc(-c4ccccc4)n3)cc3c(N4c5ccccc5[Si](C)(C)c5ccccc54)cc(-c4nc(-c5ccccc5)cc(-c5ccccc5)n4)cc23)c2ccccc21. The van der Waals surface area contributed by atoms with Gasteiger partial charge in [-0.1, -0.05) is 220 Å². The Morgan fingerprint density at radius 1 is 0.244 bits per heavy atom. The molecule has 2 aliphatic rings. The molecule has 0 unspecified atom stereocenters. The van der Waals surface area contributed by atoms with Crippen LogP contribution in [-0.2, 0) is 0 Å². The van der Waals surface area contributed by atoms with Crippen molar-refractivity contribution in [2.75, 3.05) is 9.80 Å². The molecule has 2 aromatic heterocycles.